The number of alkyl halides is 3. The summed E-state index contributed by atoms with van der Waals surface area (Å²) in [4.78, 5) is 0. The van der Waals surface area contributed by atoms with Crippen LogP contribution in [0, 0.1) is 0 Å². The van der Waals surface area contributed by atoms with Crippen LogP contribution in [0.1, 0.15) is 32.3 Å². The molecule has 0 bridgehead atoms. The highest BCUT2D eigenvalue weighted by molar-refractivity contribution is 5.35. The number of halogens is 3. The molecule has 0 heterocycles. The van der Waals surface area contributed by atoms with Crippen molar-refractivity contribution in [1.82, 2.24) is 5.32 Å². The molecular formula is C14H20F3NO. The molecule has 1 atom stereocenters. The molecule has 5 heteroatoms. The quantitative estimate of drug-likeness (QED) is 0.815. The Labute approximate surface area is 112 Å². The number of ether oxygens (including phenoxy) is 1. The molecule has 1 unspecified atom stereocenters. The summed E-state index contributed by atoms with van der Waals surface area (Å²) in [6.45, 7) is 5.26. The van der Waals surface area contributed by atoms with Crippen molar-refractivity contribution in [2.24, 2.45) is 0 Å². The predicted octanol–water partition coefficient (Wildman–Crippen LogP) is 3.86. The van der Waals surface area contributed by atoms with Gasteiger partial charge in [-0.25, -0.2) is 0 Å². The van der Waals surface area contributed by atoms with Crippen molar-refractivity contribution in [2.75, 3.05) is 13.1 Å². The molecule has 108 valence electrons. The third kappa shape index (κ3) is 5.11. The molecule has 2 nitrogen and oxygen atoms in total. The van der Waals surface area contributed by atoms with Crippen LogP contribution in [0.25, 0.3) is 0 Å². The fourth-order valence-corrected chi connectivity index (χ4v) is 1.81. The molecule has 0 fully saturated rings. The van der Waals surface area contributed by atoms with Gasteiger partial charge in [-0.15, -0.1) is 0 Å². The number of hydrogen-bond acceptors (Lipinski definition) is 2. The summed E-state index contributed by atoms with van der Waals surface area (Å²) in [5.74, 6) is -0.0913. The van der Waals surface area contributed by atoms with Crippen LogP contribution in [0.3, 0.4) is 0 Å². The summed E-state index contributed by atoms with van der Waals surface area (Å²) in [5, 5.41) is 3.11. The van der Waals surface area contributed by atoms with E-state index < -0.39 is 11.7 Å². The van der Waals surface area contributed by atoms with Gasteiger partial charge in [0.25, 0.3) is 0 Å². The normalized spacial score (nSPS) is 13.3. The van der Waals surface area contributed by atoms with Crippen molar-refractivity contribution in [3.05, 3.63) is 29.8 Å². The number of likely N-dealkylation sites (N-methyl/N-ethyl adjacent to an activating group) is 1. The van der Waals surface area contributed by atoms with Gasteiger partial charge in [-0.05, 0) is 25.1 Å². The van der Waals surface area contributed by atoms with E-state index in [9.17, 15) is 13.2 Å². The van der Waals surface area contributed by atoms with E-state index in [-0.39, 0.29) is 11.9 Å². The van der Waals surface area contributed by atoms with Crippen LogP contribution in [0.2, 0.25) is 0 Å². The third-order valence-electron chi connectivity index (χ3n) is 2.72. The van der Waals surface area contributed by atoms with Crippen molar-refractivity contribution in [3.8, 4) is 5.75 Å². The van der Waals surface area contributed by atoms with E-state index in [0.717, 1.165) is 25.5 Å². The Morgan fingerprint density at radius 2 is 1.89 bits per heavy atom. The molecule has 1 N–H and O–H groups in total. The summed E-state index contributed by atoms with van der Waals surface area (Å²) in [6, 6.07) is 5.35. The van der Waals surface area contributed by atoms with Crippen molar-refractivity contribution < 1.29 is 17.9 Å². The molecule has 0 amide bonds. The molecule has 1 rings (SSSR count). The minimum Gasteiger partial charge on any atom is -0.488 e. The van der Waals surface area contributed by atoms with Crippen molar-refractivity contribution in [1.29, 1.82) is 0 Å². The Balaban J connectivity index is 2.83. The maximum absolute atomic E-state index is 12.8. The SMILES string of the molecule is CCCC(CNCC)Oc1ccccc1C(F)(F)F. The van der Waals surface area contributed by atoms with E-state index in [0.29, 0.717) is 6.54 Å². The summed E-state index contributed by atoms with van der Waals surface area (Å²) < 4.78 is 44.1. The Morgan fingerprint density at radius 3 is 2.47 bits per heavy atom. The van der Waals surface area contributed by atoms with Crippen LogP contribution >= 0.6 is 0 Å². The van der Waals surface area contributed by atoms with Gasteiger partial charge in [0.2, 0.25) is 0 Å². The van der Waals surface area contributed by atoms with Crippen LogP contribution in [-0.4, -0.2) is 19.2 Å². The molecule has 0 aliphatic rings. The highest BCUT2D eigenvalue weighted by Gasteiger charge is 2.34. The molecular weight excluding hydrogens is 255 g/mol. The number of para-hydroxylation sites is 1. The van der Waals surface area contributed by atoms with Gasteiger partial charge in [0, 0.05) is 6.54 Å². The van der Waals surface area contributed by atoms with E-state index in [4.69, 9.17) is 4.74 Å². The minimum absolute atomic E-state index is 0.0913. The highest BCUT2D eigenvalue weighted by atomic mass is 19.4. The Kier molecular flexibility index (Phi) is 6.15. The fourth-order valence-electron chi connectivity index (χ4n) is 1.81. The van der Waals surface area contributed by atoms with Gasteiger partial charge >= 0.3 is 6.18 Å². The summed E-state index contributed by atoms with van der Waals surface area (Å²) >= 11 is 0. The van der Waals surface area contributed by atoms with Gasteiger partial charge in [0.05, 0.1) is 5.56 Å². The number of nitrogens with one attached hydrogen (secondary N) is 1. The molecule has 19 heavy (non-hydrogen) atoms. The lowest BCUT2D eigenvalue weighted by Crippen LogP contribution is -2.31. The van der Waals surface area contributed by atoms with Crippen LogP contribution in [0.15, 0.2) is 24.3 Å². The summed E-state index contributed by atoms with van der Waals surface area (Å²) in [6.07, 6.45) is -3.04. The van der Waals surface area contributed by atoms with E-state index in [1.165, 1.54) is 12.1 Å². The molecule has 1 aromatic carbocycles. The van der Waals surface area contributed by atoms with Gasteiger partial charge in [-0.1, -0.05) is 32.4 Å². The Morgan fingerprint density at radius 1 is 1.21 bits per heavy atom. The first kappa shape index (κ1) is 15.8. The summed E-state index contributed by atoms with van der Waals surface area (Å²) in [7, 11) is 0. The van der Waals surface area contributed by atoms with Gasteiger partial charge in [0.15, 0.2) is 0 Å². The first-order valence-electron chi connectivity index (χ1n) is 6.52. The number of rotatable bonds is 7. The van der Waals surface area contributed by atoms with E-state index in [1.54, 1.807) is 6.07 Å². The fraction of sp³-hybridized carbons (Fsp3) is 0.571. The predicted molar refractivity (Wildman–Crippen MR) is 69.3 cm³/mol. The van der Waals surface area contributed by atoms with Crippen LogP contribution in [-0.2, 0) is 6.18 Å². The average Bonchev–Trinajstić information content (AvgIpc) is 2.35. The molecule has 0 aromatic heterocycles. The molecule has 0 aliphatic carbocycles. The second-order valence-corrected chi connectivity index (χ2v) is 4.33. The lowest BCUT2D eigenvalue weighted by molar-refractivity contribution is -0.139. The molecule has 0 aliphatic heterocycles. The highest BCUT2D eigenvalue weighted by Crippen LogP contribution is 2.36. The van der Waals surface area contributed by atoms with E-state index in [2.05, 4.69) is 5.32 Å². The first-order chi connectivity index (χ1) is 8.99. The largest absolute Gasteiger partial charge is 0.488 e. The maximum atomic E-state index is 12.8. The third-order valence-corrected chi connectivity index (χ3v) is 2.72. The zero-order valence-corrected chi connectivity index (χ0v) is 11.3. The van der Waals surface area contributed by atoms with E-state index in [1.807, 2.05) is 13.8 Å². The molecule has 0 spiro atoms. The van der Waals surface area contributed by atoms with Gasteiger partial charge < -0.3 is 10.1 Å². The lowest BCUT2D eigenvalue weighted by atomic mass is 10.1. The van der Waals surface area contributed by atoms with Gasteiger partial charge in [-0.2, -0.15) is 13.2 Å². The molecule has 0 saturated carbocycles. The monoisotopic (exact) mass is 275 g/mol. The Bertz CT molecular complexity index is 379. The zero-order chi connectivity index (χ0) is 14.3. The number of benzene rings is 1. The molecule has 1 aromatic rings. The first-order valence-corrected chi connectivity index (χ1v) is 6.52. The van der Waals surface area contributed by atoms with Crippen molar-refractivity contribution in [3.63, 3.8) is 0 Å². The van der Waals surface area contributed by atoms with Crippen LogP contribution < -0.4 is 10.1 Å². The van der Waals surface area contributed by atoms with Gasteiger partial charge in [0.1, 0.15) is 11.9 Å². The molecule has 0 saturated heterocycles. The van der Waals surface area contributed by atoms with Crippen molar-refractivity contribution in [2.45, 2.75) is 39.0 Å². The standard InChI is InChI=1S/C14H20F3NO/c1-3-7-11(10-18-4-2)19-13-9-6-5-8-12(13)14(15,16)17/h5-6,8-9,11,18H,3-4,7,10H2,1-2H3. The maximum Gasteiger partial charge on any atom is 0.419 e. The molecule has 0 radical (unpaired) electrons. The number of hydrogen-bond donors (Lipinski definition) is 1. The lowest BCUT2D eigenvalue weighted by Gasteiger charge is -2.21. The topological polar surface area (TPSA) is 21.3 Å². The smallest absolute Gasteiger partial charge is 0.419 e. The minimum atomic E-state index is -4.38. The van der Waals surface area contributed by atoms with Crippen LogP contribution in [0.5, 0.6) is 5.75 Å². The second-order valence-electron chi connectivity index (χ2n) is 4.33. The zero-order valence-electron chi connectivity index (χ0n) is 11.3. The van der Waals surface area contributed by atoms with Crippen LogP contribution in [0.4, 0.5) is 13.2 Å². The van der Waals surface area contributed by atoms with E-state index >= 15 is 0 Å². The average molecular weight is 275 g/mol. The van der Waals surface area contributed by atoms with Gasteiger partial charge in [-0.3, -0.25) is 0 Å². The Hall–Kier alpha value is -1.23. The summed E-state index contributed by atoms with van der Waals surface area (Å²) in [5.41, 5.74) is -0.715. The van der Waals surface area contributed by atoms with Crippen molar-refractivity contribution >= 4 is 0 Å². The second kappa shape index (κ2) is 7.38.